The lowest BCUT2D eigenvalue weighted by atomic mass is 10.1. The second-order valence-corrected chi connectivity index (χ2v) is 5.46. The number of aryl methyl sites for hydroxylation is 3. The van der Waals surface area contributed by atoms with Crippen LogP contribution < -0.4 is 5.32 Å². The van der Waals surface area contributed by atoms with Gasteiger partial charge in [0.25, 0.3) is 0 Å². The first kappa shape index (κ1) is 15.8. The molecule has 0 unspecified atom stereocenters. The van der Waals surface area contributed by atoms with Gasteiger partial charge in [0.05, 0.1) is 29.6 Å². The van der Waals surface area contributed by atoms with Gasteiger partial charge in [-0.25, -0.2) is 24.7 Å². The zero-order valence-corrected chi connectivity index (χ0v) is 13.9. The molecule has 7 heteroatoms. The molecule has 2 heterocycles. The van der Waals surface area contributed by atoms with Crippen LogP contribution in [0.5, 0.6) is 0 Å². The fraction of sp³-hybridized carbons (Fsp3) is 0.235. The van der Waals surface area contributed by atoms with Crippen LogP contribution in [0.25, 0.3) is 10.9 Å². The number of benzene rings is 1. The summed E-state index contributed by atoms with van der Waals surface area (Å²) in [6.45, 7) is 5.68. The molecule has 0 fully saturated rings. The Morgan fingerprint density at radius 2 is 1.79 bits per heavy atom. The SMILES string of the molecule is COC(=O)c1cnc(Nc2nc(C)c3cc(C)ccc3n2)nc1C. The Morgan fingerprint density at radius 3 is 2.50 bits per heavy atom. The number of carbonyl (C=O) groups excluding carboxylic acids is 1. The number of nitrogens with one attached hydrogen (secondary N) is 1. The van der Waals surface area contributed by atoms with Gasteiger partial charge in [0.15, 0.2) is 0 Å². The molecule has 0 saturated carbocycles. The van der Waals surface area contributed by atoms with Crippen LogP contribution in [-0.2, 0) is 4.74 Å². The topological polar surface area (TPSA) is 89.9 Å². The van der Waals surface area contributed by atoms with E-state index < -0.39 is 5.97 Å². The number of hydrogen-bond donors (Lipinski definition) is 1. The summed E-state index contributed by atoms with van der Waals surface area (Å²) in [7, 11) is 1.32. The smallest absolute Gasteiger partial charge is 0.341 e. The van der Waals surface area contributed by atoms with Crippen molar-refractivity contribution in [2.75, 3.05) is 12.4 Å². The number of ether oxygens (including phenoxy) is 1. The van der Waals surface area contributed by atoms with E-state index in [1.807, 2.05) is 26.0 Å². The molecule has 0 radical (unpaired) electrons. The molecule has 7 nitrogen and oxygen atoms in total. The third-order valence-electron chi connectivity index (χ3n) is 3.65. The molecule has 0 aliphatic heterocycles. The first-order chi connectivity index (χ1) is 11.5. The molecule has 0 atom stereocenters. The van der Waals surface area contributed by atoms with E-state index in [1.54, 1.807) is 6.92 Å². The Hall–Kier alpha value is -3.09. The molecule has 0 saturated heterocycles. The zero-order chi connectivity index (χ0) is 17.3. The molecular weight excluding hydrogens is 306 g/mol. The van der Waals surface area contributed by atoms with E-state index in [9.17, 15) is 4.79 Å². The first-order valence-corrected chi connectivity index (χ1v) is 7.42. The van der Waals surface area contributed by atoms with Crippen LogP contribution in [0.15, 0.2) is 24.4 Å². The van der Waals surface area contributed by atoms with E-state index >= 15 is 0 Å². The van der Waals surface area contributed by atoms with Crippen LogP contribution in [0.4, 0.5) is 11.9 Å². The fourth-order valence-corrected chi connectivity index (χ4v) is 2.39. The molecule has 1 N–H and O–H groups in total. The van der Waals surface area contributed by atoms with Gasteiger partial charge in [-0.15, -0.1) is 0 Å². The molecule has 24 heavy (non-hydrogen) atoms. The number of nitrogens with zero attached hydrogens (tertiary/aromatic N) is 4. The number of fused-ring (bicyclic) bond motifs is 1. The van der Waals surface area contributed by atoms with Gasteiger partial charge in [0.2, 0.25) is 11.9 Å². The minimum Gasteiger partial charge on any atom is -0.465 e. The predicted molar refractivity (Wildman–Crippen MR) is 90.4 cm³/mol. The van der Waals surface area contributed by atoms with Crippen molar-refractivity contribution < 1.29 is 9.53 Å². The Labute approximate surface area is 139 Å². The number of anilines is 2. The van der Waals surface area contributed by atoms with E-state index in [0.29, 0.717) is 23.2 Å². The molecule has 0 aliphatic carbocycles. The Bertz CT molecular complexity index is 940. The quantitative estimate of drug-likeness (QED) is 0.741. The molecule has 0 amide bonds. The van der Waals surface area contributed by atoms with Crippen molar-refractivity contribution in [3.8, 4) is 0 Å². The molecule has 0 spiro atoms. The average molecular weight is 323 g/mol. The van der Waals surface area contributed by atoms with Crippen LogP contribution in [-0.4, -0.2) is 33.0 Å². The van der Waals surface area contributed by atoms with Crippen molar-refractivity contribution in [2.24, 2.45) is 0 Å². The molecule has 3 aromatic rings. The molecular formula is C17H17N5O2. The summed E-state index contributed by atoms with van der Waals surface area (Å²) in [5.74, 6) is 0.271. The van der Waals surface area contributed by atoms with Crippen LogP contribution in [0.2, 0.25) is 0 Å². The maximum atomic E-state index is 11.6. The van der Waals surface area contributed by atoms with Gasteiger partial charge in [0, 0.05) is 11.6 Å². The summed E-state index contributed by atoms with van der Waals surface area (Å²) in [5, 5.41) is 3.99. The normalized spacial score (nSPS) is 10.7. The highest BCUT2D eigenvalue weighted by molar-refractivity contribution is 5.90. The van der Waals surface area contributed by atoms with E-state index in [0.717, 1.165) is 22.2 Å². The Kier molecular flexibility index (Phi) is 4.07. The van der Waals surface area contributed by atoms with Crippen LogP contribution in [0.3, 0.4) is 0 Å². The first-order valence-electron chi connectivity index (χ1n) is 7.42. The summed E-state index contributed by atoms with van der Waals surface area (Å²) >= 11 is 0. The fourth-order valence-electron chi connectivity index (χ4n) is 2.39. The minimum absolute atomic E-state index is 0.325. The van der Waals surface area contributed by atoms with Gasteiger partial charge in [-0.3, -0.25) is 5.32 Å². The molecule has 3 rings (SSSR count). The number of rotatable bonds is 3. The summed E-state index contributed by atoms with van der Waals surface area (Å²) in [5.41, 5.74) is 3.72. The summed E-state index contributed by atoms with van der Waals surface area (Å²) in [6, 6.07) is 6.02. The van der Waals surface area contributed by atoms with Gasteiger partial charge in [-0.1, -0.05) is 11.6 Å². The summed E-state index contributed by atoms with van der Waals surface area (Å²) in [4.78, 5) is 28.9. The predicted octanol–water partition coefficient (Wildman–Crippen LogP) is 2.88. The third kappa shape index (κ3) is 3.01. The largest absolute Gasteiger partial charge is 0.465 e. The molecule has 0 aliphatic rings. The van der Waals surface area contributed by atoms with Crippen molar-refractivity contribution in [1.29, 1.82) is 0 Å². The minimum atomic E-state index is -0.466. The number of aromatic nitrogens is 4. The van der Waals surface area contributed by atoms with Crippen molar-refractivity contribution in [3.05, 3.63) is 46.9 Å². The number of carbonyl (C=O) groups is 1. The average Bonchev–Trinajstić information content (AvgIpc) is 2.55. The lowest BCUT2D eigenvalue weighted by Crippen LogP contribution is -2.09. The monoisotopic (exact) mass is 323 g/mol. The number of esters is 1. The number of methoxy groups -OCH3 is 1. The maximum absolute atomic E-state index is 11.6. The van der Waals surface area contributed by atoms with E-state index in [1.165, 1.54) is 13.3 Å². The Morgan fingerprint density at radius 1 is 1.04 bits per heavy atom. The van der Waals surface area contributed by atoms with Crippen molar-refractivity contribution >= 4 is 28.8 Å². The number of hydrogen-bond acceptors (Lipinski definition) is 7. The molecule has 0 bridgehead atoms. The third-order valence-corrected chi connectivity index (χ3v) is 3.65. The zero-order valence-electron chi connectivity index (χ0n) is 13.9. The van der Waals surface area contributed by atoms with Gasteiger partial charge in [-0.2, -0.15) is 0 Å². The van der Waals surface area contributed by atoms with Crippen molar-refractivity contribution in [1.82, 2.24) is 19.9 Å². The second kappa shape index (κ2) is 6.19. The standard InChI is InChI=1S/C17H17N5O2/c1-9-5-6-14-12(7-9)10(2)20-17(21-14)22-16-18-8-13(11(3)19-16)15(23)24-4/h5-8H,1-4H3,(H,18,19,20,21,22). The highest BCUT2D eigenvalue weighted by Gasteiger charge is 2.13. The van der Waals surface area contributed by atoms with Gasteiger partial charge in [-0.05, 0) is 32.9 Å². The van der Waals surface area contributed by atoms with Gasteiger partial charge < -0.3 is 4.74 Å². The molecule has 1 aromatic carbocycles. The van der Waals surface area contributed by atoms with Gasteiger partial charge >= 0.3 is 5.97 Å². The molecule has 122 valence electrons. The molecule has 2 aromatic heterocycles. The van der Waals surface area contributed by atoms with Crippen molar-refractivity contribution in [2.45, 2.75) is 20.8 Å². The maximum Gasteiger partial charge on any atom is 0.341 e. The van der Waals surface area contributed by atoms with Crippen LogP contribution >= 0.6 is 0 Å². The van der Waals surface area contributed by atoms with E-state index in [4.69, 9.17) is 0 Å². The highest BCUT2D eigenvalue weighted by Crippen LogP contribution is 2.20. The van der Waals surface area contributed by atoms with E-state index in [2.05, 4.69) is 36.1 Å². The lowest BCUT2D eigenvalue weighted by Gasteiger charge is -2.09. The summed E-state index contributed by atoms with van der Waals surface area (Å²) in [6.07, 6.45) is 1.42. The second-order valence-electron chi connectivity index (χ2n) is 5.46. The Balaban J connectivity index is 1.94. The lowest BCUT2D eigenvalue weighted by molar-refractivity contribution is 0.0599. The van der Waals surface area contributed by atoms with Crippen LogP contribution in [0, 0.1) is 20.8 Å². The van der Waals surface area contributed by atoms with Crippen molar-refractivity contribution in [3.63, 3.8) is 0 Å². The van der Waals surface area contributed by atoms with Gasteiger partial charge in [0.1, 0.15) is 0 Å². The van der Waals surface area contributed by atoms with E-state index in [-0.39, 0.29) is 0 Å². The summed E-state index contributed by atoms with van der Waals surface area (Å²) < 4.78 is 4.68. The highest BCUT2D eigenvalue weighted by atomic mass is 16.5. The van der Waals surface area contributed by atoms with Crippen LogP contribution in [0.1, 0.15) is 27.3 Å².